The average Bonchev–Trinajstić information content (AvgIpc) is 3.11. The van der Waals surface area contributed by atoms with Gasteiger partial charge in [0, 0.05) is 6.08 Å². The topological polar surface area (TPSA) is 79.5 Å². The smallest absolute Gasteiger partial charge is 0.329 e. The van der Waals surface area contributed by atoms with E-state index in [0.29, 0.717) is 5.76 Å². The van der Waals surface area contributed by atoms with Gasteiger partial charge in [0.15, 0.2) is 0 Å². The summed E-state index contributed by atoms with van der Waals surface area (Å²) in [4.78, 5) is 23.0. The van der Waals surface area contributed by atoms with Gasteiger partial charge in [0.05, 0.1) is 0 Å². The molecule has 1 unspecified atom stereocenters. The molecule has 0 bridgehead atoms. The predicted octanol–water partition coefficient (Wildman–Crippen LogP) is 1.97. The van der Waals surface area contributed by atoms with E-state index < -0.39 is 17.4 Å². The molecule has 1 aliphatic rings. The number of hydrogen-bond acceptors (Lipinski definition) is 3. The van der Waals surface area contributed by atoms with Crippen LogP contribution < -0.4 is 5.32 Å². The SMILES string of the molecule is Cc1ccc(/C=C/C(=O)NC(C)(C(=O)O)C2CC2)o1. The van der Waals surface area contributed by atoms with Gasteiger partial charge in [-0.15, -0.1) is 0 Å². The van der Waals surface area contributed by atoms with E-state index in [2.05, 4.69) is 5.32 Å². The van der Waals surface area contributed by atoms with Crippen molar-refractivity contribution in [1.82, 2.24) is 5.32 Å². The third-order valence-electron chi connectivity index (χ3n) is 3.38. The number of furan rings is 1. The highest BCUT2D eigenvalue weighted by Gasteiger charge is 2.48. The molecule has 0 aromatic carbocycles. The first-order valence-electron chi connectivity index (χ1n) is 6.22. The molecule has 2 N–H and O–H groups in total. The number of nitrogens with one attached hydrogen (secondary N) is 1. The number of carboxylic acid groups (broad SMARTS) is 1. The number of amides is 1. The summed E-state index contributed by atoms with van der Waals surface area (Å²) in [6, 6.07) is 3.54. The van der Waals surface area contributed by atoms with Gasteiger partial charge in [-0.05, 0) is 50.8 Å². The molecular weight excluding hydrogens is 246 g/mol. The van der Waals surface area contributed by atoms with Crippen LogP contribution in [0.4, 0.5) is 0 Å². The summed E-state index contributed by atoms with van der Waals surface area (Å²) in [7, 11) is 0. The van der Waals surface area contributed by atoms with Crippen LogP contribution in [0, 0.1) is 12.8 Å². The second-order valence-corrected chi connectivity index (χ2v) is 5.05. The first-order chi connectivity index (χ1) is 8.91. The van der Waals surface area contributed by atoms with Crippen molar-refractivity contribution in [3.05, 3.63) is 29.7 Å². The molecule has 0 aliphatic heterocycles. The Balaban J connectivity index is 2.00. The number of carbonyl (C=O) groups excluding carboxylic acids is 1. The zero-order valence-electron chi connectivity index (χ0n) is 11.0. The Morgan fingerprint density at radius 2 is 2.16 bits per heavy atom. The predicted molar refractivity (Wildman–Crippen MR) is 69.4 cm³/mol. The molecule has 1 fully saturated rings. The summed E-state index contributed by atoms with van der Waals surface area (Å²) >= 11 is 0. The third kappa shape index (κ3) is 3.05. The minimum Gasteiger partial charge on any atom is -0.480 e. The molecule has 1 aromatic rings. The zero-order valence-corrected chi connectivity index (χ0v) is 11.0. The molecule has 1 aliphatic carbocycles. The summed E-state index contributed by atoms with van der Waals surface area (Å²) in [5.74, 6) is -0.0748. The molecule has 2 rings (SSSR count). The standard InChI is InChI=1S/C14H17NO4/c1-9-3-6-11(19-9)7-8-12(16)15-14(2,13(17)18)10-4-5-10/h3,6-8,10H,4-5H2,1-2H3,(H,15,16)(H,17,18)/b8-7+. The third-order valence-corrected chi connectivity index (χ3v) is 3.38. The number of carbonyl (C=O) groups is 2. The average molecular weight is 263 g/mol. The van der Waals surface area contributed by atoms with Crippen molar-refractivity contribution in [1.29, 1.82) is 0 Å². The number of carboxylic acids is 1. The monoisotopic (exact) mass is 263 g/mol. The molecule has 1 atom stereocenters. The molecule has 1 heterocycles. The summed E-state index contributed by atoms with van der Waals surface area (Å²) < 4.78 is 5.29. The van der Waals surface area contributed by atoms with E-state index in [-0.39, 0.29) is 5.92 Å². The fraction of sp³-hybridized carbons (Fsp3) is 0.429. The van der Waals surface area contributed by atoms with Gasteiger partial charge in [-0.1, -0.05) is 0 Å². The normalized spacial score (nSPS) is 18.2. The fourth-order valence-electron chi connectivity index (χ4n) is 1.99. The molecule has 1 saturated carbocycles. The van der Waals surface area contributed by atoms with Gasteiger partial charge in [0.2, 0.25) is 5.91 Å². The van der Waals surface area contributed by atoms with Crippen molar-refractivity contribution >= 4 is 18.0 Å². The minimum absolute atomic E-state index is 0.0215. The lowest BCUT2D eigenvalue weighted by molar-refractivity contribution is -0.147. The van der Waals surface area contributed by atoms with Crippen LogP contribution in [0.25, 0.3) is 6.08 Å². The van der Waals surface area contributed by atoms with Crippen LogP contribution in [0.1, 0.15) is 31.3 Å². The van der Waals surface area contributed by atoms with Crippen LogP contribution in [0.5, 0.6) is 0 Å². The number of aryl methyl sites for hydroxylation is 1. The second kappa shape index (κ2) is 4.91. The van der Waals surface area contributed by atoms with E-state index in [0.717, 1.165) is 18.6 Å². The first kappa shape index (κ1) is 13.4. The lowest BCUT2D eigenvalue weighted by atomic mass is 9.96. The van der Waals surface area contributed by atoms with E-state index >= 15 is 0 Å². The van der Waals surface area contributed by atoms with Gasteiger partial charge in [-0.25, -0.2) is 4.79 Å². The van der Waals surface area contributed by atoms with Crippen molar-refractivity contribution in [3.63, 3.8) is 0 Å². The second-order valence-electron chi connectivity index (χ2n) is 5.05. The molecule has 19 heavy (non-hydrogen) atoms. The van der Waals surface area contributed by atoms with Crippen LogP contribution in [-0.2, 0) is 9.59 Å². The molecule has 102 valence electrons. The maximum absolute atomic E-state index is 11.8. The fourth-order valence-corrected chi connectivity index (χ4v) is 1.99. The van der Waals surface area contributed by atoms with Gasteiger partial charge in [-0.2, -0.15) is 0 Å². The molecule has 1 aromatic heterocycles. The van der Waals surface area contributed by atoms with E-state index in [1.54, 1.807) is 19.1 Å². The summed E-state index contributed by atoms with van der Waals surface area (Å²) in [6.45, 7) is 3.36. The highest BCUT2D eigenvalue weighted by molar-refractivity contribution is 5.95. The van der Waals surface area contributed by atoms with Crippen molar-refractivity contribution in [2.24, 2.45) is 5.92 Å². The van der Waals surface area contributed by atoms with E-state index in [4.69, 9.17) is 4.42 Å². The summed E-state index contributed by atoms with van der Waals surface area (Å²) in [6.07, 6.45) is 4.49. The van der Waals surface area contributed by atoms with Crippen LogP contribution >= 0.6 is 0 Å². The number of aliphatic carboxylic acids is 1. The highest BCUT2D eigenvalue weighted by atomic mass is 16.4. The molecule has 0 radical (unpaired) electrons. The van der Waals surface area contributed by atoms with Gasteiger partial charge >= 0.3 is 5.97 Å². The quantitative estimate of drug-likeness (QED) is 0.796. The van der Waals surface area contributed by atoms with Crippen molar-refractivity contribution in [3.8, 4) is 0 Å². The molecule has 1 amide bonds. The Hall–Kier alpha value is -2.04. The lowest BCUT2D eigenvalue weighted by Gasteiger charge is -2.25. The van der Waals surface area contributed by atoms with E-state index in [1.807, 2.05) is 6.92 Å². The molecule has 0 spiro atoms. The largest absolute Gasteiger partial charge is 0.480 e. The summed E-state index contributed by atoms with van der Waals surface area (Å²) in [5, 5.41) is 11.8. The van der Waals surface area contributed by atoms with E-state index in [1.165, 1.54) is 12.2 Å². The lowest BCUT2D eigenvalue weighted by Crippen LogP contribution is -2.53. The van der Waals surface area contributed by atoms with E-state index in [9.17, 15) is 14.7 Å². The van der Waals surface area contributed by atoms with Gasteiger partial charge in [0.1, 0.15) is 17.1 Å². The molecular formula is C14H17NO4. The molecule has 0 saturated heterocycles. The van der Waals surface area contributed by atoms with Crippen molar-refractivity contribution < 1.29 is 19.1 Å². The number of hydrogen-bond donors (Lipinski definition) is 2. The van der Waals surface area contributed by atoms with Crippen LogP contribution in [0.15, 0.2) is 22.6 Å². The van der Waals surface area contributed by atoms with Crippen molar-refractivity contribution in [2.45, 2.75) is 32.2 Å². The maximum atomic E-state index is 11.8. The zero-order chi connectivity index (χ0) is 14.0. The number of rotatable bonds is 5. The Bertz CT molecular complexity index is 527. The molecule has 5 nitrogen and oxygen atoms in total. The molecule has 5 heteroatoms. The van der Waals surface area contributed by atoms with Gasteiger partial charge in [0.25, 0.3) is 0 Å². The summed E-state index contributed by atoms with van der Waals surface area (Å²) in [5.41, 5.74) is -1.18. The van der Waals surface area contributed by atoms with Crippen LogP contribution in [-0.4, -0.2) is 22.5 Å². The Morgan fingerprint density at radius 3 is 2.63 bits per heavy atom. The Morgan fingerprint density at radius 1 is 1.47 bits per heavy atom. The van der Waals surface area contributed by atoms with Gasteiger partial charge in [-0.3, -0.25) is 4.79 Å². The van der Waals surface area contributed by atoms with Crippen LogP contribution in [0.2, 0.25) is 0 Å². The maximum Gasteiger partial charge on any atom is 0.329 e. The van der Waals surface area contributed by atoms with Crippen LogP contribution in [0.3, 0.4) is 0 Å². The van der Waals surface area contributed by atoms with Crippen molar-refractivity contribution in [2.75, 3.05) is 0 Å². The first-order valence-corrected chi connectivity index (χ1v) is 6.22. The highest BCUT2D eigenvalue weighted by Crippen LogP contribution is 2.39. The van der Waals surface area contributed by atoms with Gasteiger partial charge < -0.3 is 14.8 Å². The Labute approximate surface area is 111 Å². The Kier molecular flexibility index (Phi) is 3.46. The minimum atomic E-state index is -1.18.